The normalized spacial score (nSPS) is 17.2. The quantitative estimate of drug-likeness (QED) is 0.829. The fourth-order valence-electron chi connectivity index (χ4n) is 3.89. The predicted octanol–water partition coefficient (Wildman–Crippen LogP) is 2.29. The van der Waals surface area contributed by atoms with E-state index in [0.717, 1.165) is 18.4 Å². The number of nitrogens with zero attached hydrogens (tertiary/aromatic N) is 2. The average Bonchev–Trinajstić information content (AvgIpc) is 2.98. The standard InChI is InChI=1S/C22H23N3O3/c23-13-15-8-10-24(11-9-15)20(26)17-6-7-18-19(12-17)22(28)25(21(18)27)14-16-4-2-1-3-5-16/h1-7,12,15H,8-11,13-14,23H2. The number of piperidine rings is 1. The Labute approximate surface area is 163 Å². The lowest BCUT2D eigenvalue weighted by Gasteiger charge is -2.31. The number of benzene rings is 2. The minimum absolute atomic E-state index is 0.0972. The van der Waals surface area contributed by atoms with Crippen LogP contribution in [0.1, 0.15) is 49.5 Å². The Bertz CT molecular complexity index is 918. The highest BCUT2D eigenvalue weighted by Gasteiger charge is 2.36. The van der Waals surface area contributed by atoms with Crippen molar-refractivity contribution >= 4 is 17.7 Å². The summed E-state index contributed by atoms with van der Waals surface area (Å²) in [5, 5.41) is 0. The van der Waals surface area contributed by atoms with Gasteiger partial charge in [0, 0.05) is 18.7 Å². The van der Waals surface area contributed by atoms with Crippen molar-refractivity contribution in [2.24, 2.45) is 11.7 Å². The summed E-state index contributed by atoms with van der Waals surface area (Å²) in [6, 6.07) is 14.2. The molecule has 2 N–H and O–H groups in total. The molecule has 2 aliphatic heterocycles. The van der Waals surface area contributed by atoms with E-state index in [1.54, 1.807) is 23.1 Å². The first-order chi connectivity index (χ1) is 13.6. The monoisotopic (exact) mass is 377 g/mol. The topological polar surface area (TPSA) is 83.7 Å². The summed E-state index contributed by atoms with van der Waals surface area (Å²) in [6.45, 7) is 2.22. The summed E-state index contributed by atoms with van der Waals surface area (Å²) in [7, 11) is 0. The van der Waals surface area contributed by atoms with Crippen molar-refractivity contribution in [3.05, 3.63) is 70.8 Å². The largest absolute Gasteiger partial charge is 0.339 e. The molecule has 6 nitrogen and oxygen atoms in total. The van der Waals surface area contributed by atoms with Crippen molar-refractivity contribution in [1.82, 2.24) is 9.80 Å². The lowest BCUT2D eigenvalue weighted by molar-refractivity contribution is 0.0641. The highest BCUT2D eigenvalue weighted by molar-refractivity contribution is 6.22. The Kier molecular flexibility index (Phi) is 4.96. The van der Waals surface area contributed by atoms with Gasteiger partial charge in [-0.1, -0.05) is 30.3 Å². The van der Waals surface area contributed by atoms with Crippen LogP contribution in [-0.2, 0) is 6.54 Å². The third kappa shape index (κ3) is 3.31. The molecule has 0 bridgehead atoms. The van der Waals surface area contributed by atoms with Crippen LogP contribution in [0.5, 0.6) is 0 Å². The van der Waals surface area contributed by atoms with Gasteiger partial charge in [-0.15, -0.1) is 0 Å². The van der Waals surface area contributed by atoms with Gasteiger partial charge in [0.2, 0.25) is 0 Å². The first-order valence-electron chi connectivity index (χ1n) is 9.62. The Morgan fingerprint density at radius 1 is 0.964 bits per heavy atom. The Hall–Kier alpha value is -2.99. The fourth-order valence-corrected chi connectivity index (χ4v) is 3.89. The van der Waals surface area contributed by atoms with E-state index in [-0.39, 0.29) is 24.3 Å². The second-order valence-corrected chi connectivity index (χ2v) is 7.41. The van der Waals surface area contributed by atoms with Crippen LogP contribution in [0, 0.1) is 5.92 Å². The molecular weight excluding hydrogens is 354 g/mol. The molecule has 1 saturated heterocycles. The molecule has 2 aromatic carbocycles. The van der Waals surface area contributed by atoms with E-state index in [2.05, 4.69) is 0 Å². The van der Waals surface area contributed by atoms with Gasteiger partial charge in [0.25, 0.3) is 17.7 Å². The summed E-state index contributed by atoms with van der Waals surface area (Å²) in [5.41, 5.74) is 7.72. The van der Waals surface area contributed by atoms with Gasteiger partial charge in [-0.3, -0.25) is 19.3 Å². The highest BCUT2D eigenvalue weighted by Crippen LogP contribution is 2.27. The van der Waals surface area contributed by atoms with Crippen LogP contribution < -0.4 is 5.73 Å². The maximum atomic E-state index is 12.8. The van der Waals surface area contributed by atoms with E-state index in [9.17, 15) is 14.4 Å². The first kappa shape index (κ1) is 18.4. The van der Waals surface area contributed by atoms with Crippen LogP contribution in [0.15, 0.2) is 48.5 Å². The molecule has 28 heavy (non-hydrogen) atoms. The number of hydrogen-bond donors (Lipinski definition) is 1. The summed E-state index contributed by atoms with van der Waals surface area (Å²) >= 11 is 0. The summed E-state index contributed by atoms with van der Waals surface area (Å²) in [5.74, 6) is -0.290. The second-order valence-electron chi connectivity index (χ2n) is 7.41. The Morgan fingerprint density at radius 3 is 2.32 bits per heavy atom. The molecule has 2 aromatic rings. The van der Waals surface area contributed by atoms with Crippen molar-refractivity contribution in [2.75, 3.05) is 19.6 Å². The third-order valence-corrected chi connectivity index (χ3v) is 5.64. The third-order valence-electron chi connectivity index (χ3n) is 5.64. The number of rotatable bonds is 4. The van der Waals surface area contributed by atoms with Crippen molar-refractivity contribution in [3.63, 3.8) is 0 Å². The second kappa shape index (κ2) is 7.56. The van der Waals surface area contributed by atoms with Crippen molar-refractivity contribution in [1.29, 1.82) is 0 Å². The number of amides is 3. The number of carbonyl (C=O) groups is 3. The molecule has 0 aliphatic carbocycles. The zero-order chi connectivity index (χ0) is 19.7. The molecule has 3 amide bonds. The maximum absolute atomic E-state index is 12.8. The number of hydrogen-bond acceptors (Lipinski definition) is 4. The summed E-state index contributed by atoms with van der Waals surface area (Å²) in [6.07, 6.45) is 1.80. The van der Waals surface area contributed by atoms with Gasteiger partial charge in [0.05, 0.1) is 17.7 Å². The number of likely N-dealkylation sites (tertiary alicyclic amines) is 1. The zero-order valence-corrected chi connectivity index (χ0v) is 15.6. The molecule has 1 fully saturated rings. The van der Waals surface area contributed by atoms with Crippen LogP contribution >= 0.6 is 0 Å². The van der Waals surface area contributed by atoms with Crippen LogP contribution in [0.4, 0.5) is 0 Å². The molecule has 4 rings (SSSR count). The minimum atomic E-state index is -0.347. The first-order valence-corrected chi connectivity index (χ1v) is 9.62. The van der Waals surface area contributed by atoms with Gasteiger partial charge in [-0.05, 0) is 49.1 Å². The van der Waals surface area contributed by atoms with Gasteiger partial charge in [-0.25, -0.2) is 0 Å². The van der Waals surface area contributed by atoms with Gasteiger partial charge < -0.3 is 10.6 Å². The van der Waals surface area contributed by atoms with Gasteiger partial charge in [0.15, 0.2) is 0 Å². The molecule has 0 saturated carbocycles. The lowest BCUT2D eigenvalue weighted by atomic mass is 9.96. The summed E-state index contributed by atoms with van der Waals surface area (Å²) < 4.78 is 0. The van der Waals surface area contributed by atoms with Gasteiger partial charge in [0.1, 0.15) is 0 Å². The zero-order valence-electron chi connectivity index (χ0n) is 15.6. The van der Waals surface area contributed by atoms with E-state index in [1.807, 2.05) is 30.3 Å². The molecule has 144 valence electrons. The van der Waals surface area contributed by atoms with Crippen LogP contribution in [0.2, 0.25) is 0 Å². The van der Waals surface area contributed by atoms with E-state index < -0.39 is 0 Å². The van der Waals surface area contributed by atoms with Gasteiger partial charge in [-0.2, -0.15) is 0 Å². The van der Waals surface area contributed by atoms with Crippen LogP contribution in [0.3, 0.4) is 0 Å². The minimum Gasteiger partial charge on any atom is -0.339 e. The molecule has 6 heteroatoms. The van der Waals surface area contributed by atoms with Crippen LogP contribution in [-0.4, -0.2) is 47.2 Å². The van der Waals surface area contributed by atoms with E-state index in [1.165, 1.54) is 4.90 Å². The molecule has 2 aliphatic rings. The Balaban J connectivity index is 1.53. The van der Waals surface area contributed by atoms with E-state index in [0.29, 0.717) is 42.2 Å². The molecule has 0 radical (unpaired) electrons. The molecule has 2 heterocycles. The Morgan fingerprint density at radius 2 is 1.64 bits per heavy atom. The SMILES string of the molecule is NCC1CCN(C(=O)c2ccc3c(c2)C(=O)N(Cc2ccccc2)C3=O)CC1. The van der Waals surface area contributed by atoms with Crippen molar-refractivity contribution < 1.29 is 14.4 Å². The molecule has 0 aromatic heterocycles. The maximum Gasteiger partial charge on any atom is 0.261 e. The molecule has 0 unspecified atom stereocenters. The molecule has 0 spiro atoms. The molecular formula is C22H23N3O3. The number of nitrogens with two attached hydrogens (primary N) is 1. The van der Waals surface area contributed by atoms with Crippen molar-refractivity contribution in [3.8, 4) is 0 Å². The fraction of sp³-hybridized carbons (Fsp3) is 0.318. The number of carbonyl (C=O) groups excluding carboxylic acids is 3. The van der Waals surface area contributed by atoms with Crippen LogP contribution in [0.25, 0.3) is 0 Å². The van der Waals surface area contributed by atoms with E-state index >= 15 is 0 Å². The summed E-state index contributed by atoms with van der Waals surface area (Å²) in [4.78, 5) is 41.4. The predicted molar refractivity (Wildman–Crippen MR) is 105 cm³/mol. The average molecular weight is 377 g/mol. The highest BCUT2D eigenvalue weighted by atomic mass is 16.2. The smallest absolute Gasteiger partial charge is 0.261 e. The lowest BCUT2D eigenvalue weighted by Crippen LogP contribution is -2.40. The number of imide groups is 1. The van der Waals surface area contributed by atoms with E-state index in [4.69, 9.17) is 5.73 Å². The van der Waals surface area contributed by atoms with Crippen molar-refractivity contribution in [2.45, 2.75) is 19.4 Å². The molecule has 0 atom stereocenters. The number of fused-ring (bicyclic) bond motifs is 1. The van der Waals surface area contributed by atoms with Gasteiger partial charge >= 0.3 is 0 Å².